The summed E-state index contributed by atoms with van der Waals surface area (Å²) in [7, 11) is 0. The summed E-state index contributed by atoms with van der Waals surface area (Å²) in [6.45, 7) is 0. The van der Waals surface area contributed by atoms with Gasteiger partial charge in [0.2, 0.25) is 0 Å². The van der Waals surface area contributed by atoms with Gasteiger partial charge < -0.3 is 9.72 Å². The van der Waals surface area contributed by atoms with Crippen LogP contribution < -0.4 is 4.74 Å². The Bertz CT molecular complexity index is 659. The highest BCUT2D eigenvalue weighted by molar-refractivity contribution is 5.33. The third kappa shape index (κ3) is 3.99. The smallest absolute Gasteiger partial charge is 0.127 e. The Morgan fingerprint density at radius 2 is 1.62 bits per heavy atom. The third-order valence-electron chi connectivity index (χ3n) is 3.45. The first-order valence-electron chi connectivity index (χ1n) is 7.34. The maximum atomic E-state index is 5.87. The number of rotatable bonds is 6. The van der Waals surface area contributed by atoms with E-state index >= 15 is 0 Å². The predicted molar refractivity (Wildman–Crippen MR) is 85.8 cm³/mol. The zero-order valence-corrected chi connectivity index (χ0v) is 12.0. The van der Waals surface area contributed by atoms with Crippen molar-refractivity contribution in [2.75, 3.05) is 0 Å². The van der Waals surface area contributed by atoms with Gasteiger partial charge in [-0.3, -0.25) is 0 Å². The Labute approximate surface area is 125 Å². The van der Waals surface area contributed by atoms with Crippen LogP contribution in [0.2, 0.25) is 0 Å². The minimum absolute atomic E-state index is 0.876. The van der Waals surface area contributed by atoms with Gasteiger partial charge in [-0.1, -0.05) is 30.3 Å². The maximum Gasteiger partial charge on any atom is 0.127 e. The first-order chi connectivity index (χ1) is 10.4. The molecule has 0 atom stereocenters. The van der Waals surface area contributed by atoms with E-state index in [-0.39, 0.29) is 0 Å². The van der Waals surface area contributed by atoms with Crippen LogP contribution >= 0.6 is 0 Å². The number of benzene rings is 2. The first kappa shape index (κ1) is 13.5. The van der Waals surface area contributed by atoms with Gasteiger partial charge in [0, 0.05) is 11.9 Å². The second-order valence-electron chi connectivity index (χ2n) is 5.11. The van der Waals surface area contributed by atoms with Crippen molar-refractivity contribution in [1.82, 2.24) is 4.98 Å². The summed E-state index contributed by atoms with van der Waals surface area (Å²) >= 11 is 0. The molecule has 0 amide bonds. The molecule has 2 nitrogen and oxygen atoms in total. The van der Waals surface area contributed by atoms with Gasteiger partial charge in [-0.2, -0.15) is 0 Å². The molecule has 2 aromatic carbocycles. The zero-order valence-electron chi connectivity index (χ0n) is 12.0. The Morgan fingerprint density at radius 1 is 0.762 bits per heavy atom. The summed E-state index contributed by atoms with van der Waals surface area (Å²) in [4.78, 5) is 3.24. The molecule has 0 saturated heterocycles. The van der Waals surface area contributed by atoms with E-state index in [2.05, 4.69) is 29.2 Å². The SMILES string of the molecule is c1ccc(Oc2cccc(CCCc3ccc[nH]3)c2)cc1. The average Bonchev–Trinajstić information content (AvgIpc) is 3.02. The van der Waals surface area contributed by atoms with E-state index in [0.717, 1.165) is 30.8 Å². The van der Waals surface area contributed by atoms with Crippen LogP contribution in [0.4, 0.5) is 0 Å². The fraction of sp³-hybridized carbons (Fsp3) is 0.158. The summed E-state index contributed by atoms with van der Waals surface area (Å²) < 4.78 is 5.87. The molecular formula is C19H19NO. The van der Waals surface area contributed by atoms with Crippen LogP contribution in [0.3, 0.4) is 0 Å². The van der Waals surface area contributed by atoms with Gasteiger partial charge in [-0.15, -0.1) is 0 Å². The monoisotopic (exact) mass is 277 g/mol. The topological polar surface area (TPSA) is 25.0 Å². The molecule has 3 aromatic rings. The average molecular weight is 277 g/mol. The van der Waals surface area contributed by atoms with Crippen LogP contribution in [-0.4, -0.2) is 4.98 Å². The van der Waals surface area contributed by atoms with Crippen LogP contribution in [0.15, 0.2) is 72.9 Å². The second kappa shape index (κ2) is 6.80. The van der Waals surface area contributed by atoms with Crippen molar-refractivity contribution >= 4 is 0 Å². The van der Waals surface area contributed by atoms with E-state index in [0.29, 0.717) is 0 Å². The number of aryl methyl sites for hydroxylation is 2. The summed E-state index contributed by atoms with van der Waals surface area (Å²) in [6.07, 6.45) is 5.25. The quantitative estimate of drug-likeness (QED) is 0.675. The Balaban J connectivity index is 1.58. The number of H-pyrrole nitrogens is 1. The van der Waals surface area contributed by atoms with E-state index in [4.69, 9.17) is 4.74 Å². The molecule has 0 bridgehead atoms. The minimum Gasteiger partial charge on any atom is -0.457 e. The van der Waals surface area contributed by atoms with Crippen molar-refractivity contribution in [1.29, 1.82) is 0 Å². The molecule has 0 fully saturated rings. The number of hydrogen-bond acceptors (Lipinski definition) is 1. The standard InChI is InChI=1S/C19H19NO/c1-2-11-18(12-3-1)21-19-13-5-8-16(15-19)7-4-9-17-10-6-14-20-17/h1-3,5-6,8,10-15,20H,4,7,9H2. The van der Waals surface area contributed by atoms with Crippen LogP contribution in [0.1, 0.15) is 17.7 Å². The summed E-state index contributed by atoms with van der Waals surface area (Å²) in [6, 6.07) is 22.4. The van der Waals surface area contributed by atoms with Gasteiger partial charge in [0.15, 0.2) is 0 Å². The van der Waals surface area contributed by atoms with Crippen LogP contribution in [0.5, 0.6) is 11.5 Å². The fourth-order valence-corrected chi connectivity index (χ4v) is 2.40. The molecular weight excluding hydrogens is 258 g/mol. The minimum atomic E-state index is 0.876. The van der Waals surface area contributed by atoms with Gasteiger partial charge in [0.25, 0.3) is 0 Å². The van der Waals surface area contributed by atoms with Gasteiger partial charge >= 0.3 is 0 Å². The normalized spacial score (nSPS) is 10.5. The van der Waals surface area contributed by atoms with E-state index in [1.54, 1.807) is 0 Å². The number of aromatic nitrogens is 1. The molecule has 1 heterocycles. The molecule has 0 spiro atoms. The van der Waals surface area contributed by atoms with Gasteiger partial charge in [0.05, 0.1) is 0 Å². The summed E-state index contributed by atoms with van der Waals surface area (Å²) in [5.41, 5.74) is 2.61. The van der Waals surface area contributed by atoms with E-state index in [1.807, 2.05) is 48.7 Å². The van der Waals surface area contributed by atoms with Crippen molar-refractivity contribution in [3.05, 3.63) is 84.2 Å². The van der Waals surface area contributed by atoms with Crippen molar-refractivity contribution in [3.63, 3.8) is 0 Å². The van der Waals surface area contributed by atoms with Crippen molar-refractivity contribution in [3.8, 4) is 11.5 Å². The van der Waals surface area contributed by atoms with Crippen molar-refractivity contribution in [2.24, 2.45) is 0 Å². The fourth-order valence-electron chi connectivity index (χ4n) is 2.40. The largest absolute Gasteiger partial charge is 0.457 e. The summed E-state index contributed by atoms with van der Waals surface area (Å²) in [5.74, 6) is 1.78. The molecule has 0 aliphatic rings. The number of para-hydroxylation sites is 1. The summed E-state index contributed by atoms with van der Waals surface area (Å²) in [5, 5.41) is 0. The highest BCUT2D eigenvalue weighted by atomic mass is 16.5. The lowest BCUT2D eigenvalue weighted by atomic mass is 10.1. The highest BCUT2D eigenvalue weighted by Crippen LogP contribution is 2.22. The van der Waals surface area contributed by atoms with Crippen LogP contribution in [0.25, 0.3) is 0 Å². The molecule has 0 radical (unpaired) electrons. The Kier molecular flexibility index (Phi) is 4.37. The highest BCUT2D eigenvalue weighted by Gasteiger charge is 2.00. The second-order valence-corrected chi connectivity index (χ2v) is 5.11. The van der Waals surface area contributed by atoms with E-state index in [9.17, 15) is 0 Å². The molecule has 0 unspecified atom stereocenters. The van der Waals surface area contributed by atoms with E-state index < -0.39 is 0 Å². The molecule has 21 heavy (non-hydrogen) atoms. The lowest BCUT2D eigenvalue weighted by Gasteiger charge is -2.07. The molecule has 3 rings (SSSR count). The number of nitrogens with one attached hydrogen (secondary N) is 1. The van der Waals surface area contributed by atoms with Gasteiger partial charge in [-0.25, -0.2) is 0 Å². The predicted octanol–water partition coefficient (Wildman–Crippen LogP) is 4.98. The molecule has 106 valence electrons. The molecule has 0 saturated carbocycles. The van der Waals surface area contributed by atoms with Crippen LogP contribution in [-0.2, 0) is 12.8 Å². The molecule has 2 heteroatoms. The Hall–Kier alpha value is -2.48. The molecule has 0 aliphatic heterocycles. The zero-order chi connectivity index (χ0) is 14.3. The van der Waals surface area contributed by atoms with Crippen LogP contribution in [0, 0.1) is 0 Å². The molecule has 1 aromatic heterocycles. The number of aromatic amines is 1. The maximum absolute atomic E-state index is 5.87. The third-order valence-corrected chi connectivity index (χ3v) is 3.45. The van der Waals surface area contributed by atoms with Crippen molar-refractivity contribution in [2.45, 2.75) is 19.3 Å². The molecule has 0 aliphatic carbocycles. The van der Waals surface area contributed by atoms with Crippen molar-refractivity contribution < 1.29 is 4.74 Å². The lowest BCUT2D eigenvalue weighted by molar-refractivity contribution is 0.482. The van der Waals surface area contributed by atoms with E-state index in [1.165, 1.54) is 11.3 Å². The van der Waals surface area contributed by atoms with Gasteiger partial charge in [0.1, 0.15) is 11.5 Å². The van der Waals surface area contributed by atoms with Gasteiger partial charge in [-0.05, 0) is 61.2 Å². The number of hydrogen-bond donors (Lipinski definition) is 1. The lowest BCUT2D eigenvalue weighted by Crippen LogP contribution is -1.91. The molecule has 1 N–H and O–H groups in total. The Morgan fingerprint density at radius 3 is 2.43 bits per heavy atom. The number of ether oxygens (including phenoxy) is 1. The first-order valence-corrected chi connectivity index (χ1v) is 7.34.